The molecule has 0 fully saturated rings. The lowest BCUT2D eigenvalue weighted by Crippen LogP contribution is -2.37. The number of rotatable bonds is 2. The molecule has 112 valence electrons. The maximum absolute atomic E-state index is 12.5. The van der Waals surface area contributed by atoms with E-state index in [1.54, 1.807) is 0 Å². The van der Waals surface area contributed by atoms with Crippen LogP contribution in [0, 0.1) is 0 Å². The van der Waals surface area contributed by atoms with E-state index in [-0.39, 0.29) is 30.8 Å². The van der Waals surface area contributed by atoms with Crippen LogP contribution in [0.1, 0.15) is 27.3 Å². The second kappa shape index (κ2) is 5.55. The van der Waals surface area contributed by atoms with E-state index in [2.05, 4.69) is 4.98 Å². The minimum atomic E-state index is -4.40. The number of carboxylic acids is 1. The second-order valence-corrected chi connectivity index (χ2v) is 4.43. The Morgan fingerprint density at radius 2 is 2.05 bits per heavy atom. The lowest BCUT2D eigenvalue weighted by Gasteiger charge is -2.27. The first kappa shape index (κ1) is 15.0. The van der Waals surface area contributed by atoms with Gasteiger partial charge < -0.3 is 10.0 Å². The van der Waals surface area contributed by atoms with Crippen LogP contribution >= 0.6 is 0 Å². The van der Waals surface area contributed by atoms with Gasteiger partial charge in [-0.25, -0.2) is 4.79 Å². The first-order valence-electron chi connectivity index (χ1n) is 6.04. The third-order valence-corrected chi connectivity index (χ3v) is 3.10. The third-order valence-electron chi connectivity index (χ3n) is 3.10. The van der Waals surface area contributed by atoms with Crippen LogP contribution in [0.4, 0.5) is 13.2 Å². The molecule has 1 aliphatic heterocycles. The summed E-state index contributed by atoms with van der Waals surface area (Å²) < 4.78 is 37.5. The van der Waals surface area contributed by atoms with Crippen LogP contribution < -0.4 is 0 Å². The van der Waals surface area contributed by atoms with E-state index in [4.69, 9.17) is 5.11 Å². The van der Waals surface area contributed by atoms with Gasteiger partial charge in [-0.2, -0.15) is 13.2 Å². The topological polar surface area (TPSA) is 70.5 Å². The molecule has 0 atom stereocenters. The Morgan fingerprint density at radius 3 is 2.57 bits per heavy atom. The van der Waals surface area contributed by atoms with Crippen molar-refractivity contribution in [3.8, 4) is 0 Å². The number of amides is 1. The highest BCUT2D eigenvalue weighted by Gasteiger charge is 2.36. The molecule has 1 aromatic rings. The molecule has 1 aliphatic rings. The van der Waals surface area contributed by atoms with Crippen LogP contribution in [0.15, 0.2) is 30.0 Å². The van der Waals surface area contributed by atoms with Crippen molar-refractivity contribution in [1.29, 1.82) is 0 Å². The van der Waals surface area contributed by atoms with E-state index < -0.39 is 23.6 Å². The van der Waals surface area contributed by atoms with Crippen molar-refractivity contribution in [3.05, 3.63) is 41.2 Å². The molecule has 21 heavy (non-hydrogen) atoms. The Labute approximate surface area is 117 Å². The van der Waals surface area contributed by atoms with Crippen LogP contribution in [0.2, 0.25) is 0 Å². The molecule has 0 aliphatic carbocycles. The molecular weight excluding hydrogens is 289 g/mol. The lowest BCUT2D eigenvalue weighted by atomic mass is 10.1. The smallest absolute Gasteiger partial charge is 0.412 e. The fourth-order valence-electron chi connectivity index (χ4n) is 2.01. The number of pyridine rings is 1. The maximum atomic E-state index is 12.5. The molecule has 0 unspecified atom stereocenters. The van der Waals surface area contributed by atoms with Gasteiger partial charge in [0, 0.05) is 24.9 Å². The fourth-order valence-corrected chi connectivity index (χ4v) is 2.01. The Morgan fingerprint density at radius 1 is 1.33 bits per heavy atom. The van der Waals surface area contributed by atoms with Crippen LogP contribution in [-0.4, -0.2) is 46.1 Å². The van der Waals surface area contributed by atoms with Gasteiger partial charge in [0.05, 0.1) is 5.56 Å². The van der Waals surface area contributed by atoms with Crippen molar-refractivity contribution in [2.24, 2.45) is 0 Å². The van der Waals surface area contributed by atoms with Gasteiger partial charge in [-0.3, -0.25) is 9.78 Å². The average molecular weight is 300 g/mol. The number of carbonyl (C=O) groups is 2. The molecule has 2 rings (SSSR count). The largest absolute Gasteiger partial charge is 0.478 e. The summed E-state index contributed by atoms with van der Waals surface area (Å²) in [5, 5.41) is 8.99. The van der Waals surface area contributed by atoms with Crippen molar-refractivity contribution in [2.45, 2.75) is 12.6 Å². The van der Waals surface area contributed by atoms with Crippen LogP contribution in [0.25, 0.3) is 0 Å². The first-order valence-corrected chi connectivity index (χ1v) is 6.04. The summed E-state index contributed by atoms with van der Waals surface area (Å²) in [6, 6.07) is 2.60. The van der Waals surface area contributed by atoms with E-state index in [9.17, 15) is 22.8 Å². The van der Waals surface area contributed by atoms with Gasteiger partial charge in [-0.05, 0) is 18.6 Å². The normalized spacial score (nSPS) is 15.6. The number of nitrogens with zero attached hydrogens (tertiary/aromatic N) is 2. The zero-order valence-electron chi connectivity index (χ0n) is 10.7. The van der Waals surface area contributed by atoms with Crippen molar-refractivity contribution < 1.29 is 27.9 Å². The second-order valence-electron chi connectivity index (χ2n) is 4.43. The molecule has 5 nitrogen and oxygen atoms in total. The highest BCUT2D eigenvalue weighted by atomic mass is 19.4. The number of alkyl halides is 3. The summed E-state index contributed by atoms with van der Waals surface area (Å²) in [6.45, 7) is -0.344. The van der Waals surface area contributed by atoms with Crippen molar-refractivity contribution in [2.75, 3.05) is 13.1 Å². The zero-order valence-corrected chi connectivity index (χ0v) is 10.7. The van der Waals surface area contributed by atoms with Gasteiger partial charge in [-0.1, -0.05) is 6.08 Å². The number of hydrogen-bond donors (Lipinski definition) is 1. The Bertz CT molecular complexity index is 611. The molecule has 0 radical (unpaired) electrons. The predicted octanol–water partition coefficient (Wildman–Crippen LogP) is 2.11. The van der Waals surface area contributed by atoms with Crippen LogP contribution in [0.5, 0.6) is 0 Å². The van der Waals surface area contributed by atoms with Crippen molar-refractivity contribution in [1.82, 2.24) is 9.88 Å². The summed E-state index contributed by atoms with van der Waals surface area (Å²) in [7, 11) is 0. The van der Waals surface area contributed by atoms with Gasteiger partial charge in [0.2, 0.25) is 0 Å². The Balaban J connectivity index is 2.20. The van der Waals surface area contributed by atoms with Gasteiger partial charge in [-0.15, -0.1) is 0 Å². The van der Waals surface area contributed by atoms with E-state index in [1.807, 2.05) is 0 Å². The molecule has 0 spiro atoms. The molecule has 0 aromatic carbocycles. The molecule has 1 N–H and O–H groups in total. The van der Waals surface area contributed by atoms with Gasteiger partial charge in [0.1, 0.15) is 5.69 Å². The molecule has 0 bridgehead atoms. The SMILES string of the molecule is O=C(O)c1cccnc1C(=O)N1CC=C(C(F)(F)F)CC1. The monoisotopic (exact) mass is 300 g/mol. The molecule has 1 aromatic heterocycles. The van der Waals surface area contributed by atoms with Crippen molar-refractivity contribution in [3.63, 3.8) is 0 Å². The van der Waals surface area contributed by atoms with Gasteiger partial charge in [0.25, 0.3) is 5.91 Å². The third kappa shape index (κ3) is 3.21. The van der Waals surface area contributed by atoms with Crippen LogP contribution in [0.3, 0.4) is 0 Å². The fraction of sp³-hybridized carbons (Fsp3) is 0.308. The highest BCUT2D eigenvalue weighted by molar-refractivity contribution is 6.03. The van der Waals surface area contributed by atoms with Gasteiger partial charge in [0.15, 0.2) is 0 Å². The quantitative estimate of drug-likeness (QED) is 0.849. The molecule has 8 heteroatoms. The predicted molar refractivity (Wildman–Crippen MR) is 65.9 cm³/mol. The van der Waals surface area contributed by atoms with E-state index in [0.717, 1.165) is 11.0 Å². The molecule has 0 saturated heterocycles. The minimum absolute atomic E-state index is 0.125. The first-order chi connectivity index (χ1) is 9.80. The number of aromatic nitrogens is 1. The molecule has 1 amide bonds. The highest BCUT2D eigenvalue weighted by Crippen LogP contribution is 2.30. The Kier molecular flexibility index (Phi) is 3.97. The van der Waals surface area contributed by atoms with Crippen LogP contribution in [-0.2, 0) is 0 Å². The van der Waals surface area contributed by atoms with E-state index in [1.165, 1.54) is 18.3 Å². The number of aromatic carboxylic acids is 1. The molecule has 2 heterocycles. The standard InChI is InChI=1S/C13H11F3N2O3/c14-13(15,16)8-3-6-18(7-4-8)11(19)10-9(12(20)21)2-1-5-17-10/h1-3,5H,4,6-7H2,(H,20,21). The summed E-state index contributed by atoms with van der Waals surface area (Å²) in [6.07, 6.45) is -2.51. The van der Waals surface area contributed by atoms with Gasteiger partial charge >= 0.3 is 12.1 Å². The zero-order chi connectivity index (χ0) is 15.6. The maximum Gasteiger partial charge on any atom is 0.412 e. The molecule has 0 saturated carbocycles. The minimum Gasteiger partial charge on any atom is -0.478 e. The lowest BCUT2D eigenvalue weighted by molar-refractivity contribution is -0.0957. The number of carboxylic acid groups (broad SMARTS) is 1. The summed E-state index contributed by atoms with van der Waals surface area (Å²) in [5.41, 5.74) is -1.21. The molecular formula is C13H11F3N2O3. The van der Waals surface area contributed by atoms with E-state index in [0.29, 0.717) is 0 Å². The number of carbonyl (C=O) groups excluding carboxylic acids is 1. The number of hydrogen-bond acceptors (Lipinski definition) is 3. The summed E-state index contributed by atoms with van der Waals surface area (Å²) in [4.78, 5) is 28.1. The number of halogens is 3. The Hall–Kier alpha value is -2.38. The average Bonchev–Trinajstić information content (AvgIpc) is 2.45. The van der Waals surface area contributed by atoms with Crippen molar-refractivity contribution >= 4 is 11.9 Å². The van der Waals surface area contributed by atoms with E-state index >= 15 is 0 Å². The summed E-state index contributed by atoms with van der Waals surface area (Å²) in [5.74, 6) is -2.00. The summed E-state index contributed by atoms with van der Waals surface area (Å²) >= 11 is 0.